The van der Waals surface area contributed by atoms with Gasteiger partial charge in [0, 0.05) is 12.1 Å². The monoisotopic (exact) mass is 229 g/mol. The van der Waals surface area contributed by atoms with Crippen LogP contribution in [-0.4, -0.2) is 10.8 Å². The summed E-state index contributed by atoms with van der Waals surface area (Å²) < 4.78 is 0. The maximum atomic E-state index is 12.5. The summed E-state index contributed by atoms with van der Waals surface area (Å²) in [6, 6.07) is 5.83. The number of ketones is 1. The van der Waals surface area contributed by atoms with Crippen molar-refractivity contribution in [2.45, 2.75) is 38.5 Å². The Morgan fingerprint density at radius 1 is 1.35 bits per heavy atom. The van der Waals surface area contributed by atoms with Crippen molar-refractivity contribution in [2.75, 3.05) is 0 Å². The molecule has 2 nitrogen and oxygen atoms in total. The smallest absolute Gasteiger partial charge is 0.144 e. The fraction of sp³-hybridized carbons (Fsp3) is 0.600. The van der Waals surface area contributed by atoms with Crippen molar-refractivity contribution in [1.82, 2.24) is 4.98 Å². The Morgan fingerprint density at radius 2 is 2.24 bits per heavy atom. The molecule has 2 saturated carbocycles. The van der Waals surface area contributed by atoms with E-state index in [0.717, 1.165) is 18.0 Å². The van der Waals surface area contributed by atoms with E-state index in [0.29, 0.717) is 17.6 Å². The number of carbonyl (C=O) groups excluding carboxylic acids is 1. The van der Waals surface area contributed by atoms with Gasteiger partial charge >= 0.3 is 0 Å². The van der Waals surface area contributed by atoms with E-state index in [-0.39, 0.29) is 5.92 Å². The predicted molar refractivity (Wildman–Crippen MR) is 66.6 cm³/mol. The molecular formula is C15H19NO. The van der Waals surface area contributed by atoms with E-state index in [1.165, 1.54) is 19.3 Å². The van der Waals surface area contributed by atoms with Gasteiger partial charge in [-0.25, -0.2) is 0 Å². The van der Waals surface area contributed by atoms with E-state index < -0.39 is 0 Å². The van der Waals surface area contributed by atoms with Crippen LogP contribution in [0.25, 0.3) is 0 Å². The van der Waals surface area contributed by atoms with Crippen LogP contribution in [0.5, 0.6) is 0 Å². The fourth-order valence-electron chi connectivity index (χ4n) is 3.69. The number of rotatable bonds is 3. The molecule has 90 valence electrons. The third kappa shape index (κ3) is 1.90. The van der Waals surface area contributed by atoms with E-state index in [4.69, 9.17) is 0 Å². The van der Waals surface area contributed by atoms with Gasteiger partial charge in [-0.2, -0.15) is 0 Å². The second kappa shape index (κ2) is 4.25. The molecule has 2 aliphatic carbocycles. The Bertz CT molecular complexity index is 414. The summed E-state index contributed by atoms with van der Waals surface area (Å²) in [6.45, 7) is 2.01. The molecule has 1 aromatic rings. The van der Waals surface area contributed by atoms with Crippen molar-refractivity contribution in [1.29, 1.82) is 0 Å². The van der Waals surface area contributed by atoms with Crippen LogP contribution in [0.2, 0.25) is 0 Å². The van der Waals surface area contributed by atoms with Crippen molar-refractivity contribution >= 4 is 5.78 Å². The average molecular weight is 229 g/mol. The first-order valence-corrected chi connectivity index (χ1v) is 6.70. The van der Waals surface area contributed by atoms with E-state index in [1.54, 1.807) is 6.20 Å². The third-order valence-corrected chi connectivity index (χ3v) is 4.66. The van der Waals surface area contributed by atoms with Crippen molar-refractivity contribution in [3.63, 3.8) is 0 Å². The number of pyridine rings is 1. The SMILES string of the molecule is CC(C(=O)C1CC2CCC1C2)c1ccccn1. The lowest BCUT2D eigenvalue weighted by atomic mass is 9.80. The first-order chi connectivity index (χ1) is 8.25. The molecular weight excluding hydrogens is 210 g/mol. The number of aromatic nitrogens is 1. The van der Waals surface area contributed by atoms with Crippen molar-refractivity contribution in [3.05, 3.63) is 30.1 Å². The van der Waals surface area contributed by atoms with E-state index in [2.05, 4.69) is 4.98 Å². The molecule has 2 fully saturated rings. The first-order valence-electron chi connectivity index (χ1n) is 6.70. The molecule has 0 aromatic carbocycles. The topological polar surface area (TPSA) is 30.0 Å². The number of carbonyl (C=O) groups is 1. The van der Waals surface area contributed by atoms with Crippen LogP contribution in [-0.2, 0) is 4.79 Å². The molecule has 4 atom stereocenters. The van der Waals surface area contributed by atoms with Crippen LogP contribution < -0.4 is 0 Å². The highest BCUT2D eigenvalue weighted by molar-refractivity contribution is 5.87. The van der Waals surface area contributed by atoms with Gasteiger partial charge < -0.3 is 0 Å². The molecule has 2 heteroatoms. The van der Waals surface area contributed by atoms with Crippen molar-refractivity contribution in [2.24, 2.45) is 17.8 Å². The van der Waals surface area contributed by atoms with Gasteiger partial charge in [0.1, 0.15) is 5.78 Å². The maximum absolute atomic E-state index is 12.5. The number of hydrogen-bond acceptors (Lipinski definition) is 2. The molecule has 1 aromatic heterocycles. The van der Waals surface area contributed by atoms with Crippen LogP contribution in [0, 0.1) is 17.8 Å². The minimum Gasteiger partial charge on any atom is -0.299 e. The van der Waals surface area contributed by atoms with Crippen LogP contribution in [0.1, 0.15) is 44.2 Å². The standard InChI is InChI=1S/C15H19NO/c1-10(14-4-2-3-7-16-14)15(17)13-9-11-5-6-12(13)8-11/h2-4,7,10-13H,5-6,8-9H2,1H3. The molecule has 0 radical (unpaired) electrons. The Kier molecular flexibility index (Phi) is 2.73. The van der Waals surface area contributed by atoms with Gasteiger partial charge in [0.2, 0.25) is 0 Å². The number of nitrogens with zero attached hydrogens (tertiary/aromatic N) is 1. The number of hydrogen-bond donors (Lipinski definition) is 0. The highest BCUT2D eigenvalue weighted by Crippen LogP contribution is 2.49. The lowest BCUT2D eigenvalue weighted by Gasteiger charge is -2.23. The first kappa shape index (κ1) is 10.9. The Balaban J connectivity index is 1.74. The van der Waals surface area contributed by atoms with Gasteiger partial charge in [-0.3, -0.25) is 9.78 Å². The zero-order valence-corrected chi connectivity index (χ0v) is 10.3. The van der Waals surface area contributed by atoms with E-state index >= 15 is 0 Å². The predicted octanol–water partition coefficient (Wildman–Crippen LogP) is 3.19. The summed E-state index contributed by atoms with van der Waals surface area (Å²) in [7, 11) is 0. The molecule has 0 saturated heterocycles. The average Bonchev–Trinajstić information content (AvgIpc) is 3.00. The number of fused-ring (bicyclic) bond motifs is 2. The lowest BCUT2D eigenvalue weighted by molar-refractivity contribution is -0.125. The number of Topliss-reactive ketones (excluding diaryl/α,β-unsaturated/α-hetero) is 1. The van der Waals surface area contributed by atoms with Gasteiger partial charge in [0.15, 0.2) is 0 Å². The van der Waals surface area contributed by atoms with Gasteiger partial charge in [-0.05, 0) is 50.2 Å². The lowest BCUT2D eigenvalue weighted by Crippen LogP contribution is -2.25. The minimum absolute atomic E-state index is 0.0273. The van der Waals surface area contributed by atoms with Gasteiger partial charge in [-0.1, -0.05) is 12.5 Å². The summed E-state index contributed by atoms with van der Waals surface area (Å²) in [4.78, 5) is 16.8. The molecule has 0 amide bonds. The summed E-state index contributed by atoms with van der Waals surface area (Å²) in [6.07, 6.45) is 6.84. The molecule has 0 spiro atoms. The molecule has 2 bridgehead atoms. The molecule has 4 unspecified atom stereocenters. The van der Waals surface area contributed by atoms with Crippen LogP contribution in [0.3, 0.4) is 0 Å². The largest absolute Gasteiger partial charge is 0.299 e. The summed E-state index contributed by atoms with van der Waals surface area (Å²) in [5, 5.41) is 0. The Hall–Kier alpha value is -1.18. The van der Waals surface area contributed by atoms with Crippen molar-refractivity contribution < 1.29 is 4.79 Å². The molecule has 0 N–H and O–H groups in total. The summed E-state index contributed by atoms with van der Waals surface area (Å²) in [5.74, 6) is 2.24. The molecule has 1 heterocycles. The quantitative estimate of drug-likeness (QED) is 0.796. The highest BCUT2D eigenvalue weighted by atomic mass is 16.1. The third-order valence-electron chi connectivity index (χ3n) is 4.66. The fourth-order valence-corrected chi connectivity index (χ4v) is 3.69. The highest BCUT2D eigenvalue weighted by Gasteiger charge is 2.44. The van der Waals surface area contributed by atoms with Crippen LogP contribution >= 0.6 is 0 Å². The van der Waals surface area contributed by atoms with E-state index in [9.17, 15) is 4.79 Å². The van der Waals surface area contributed by atoms with E-state index in [1.807, 2.05) is 25.1 Å². The second-order valence-electron chi connectivity index (χ2n) is 5.66. The Labute approximate surface area is 102 Å². The van der Waals surface area contributed by atoms with Gasteiger partial charge in [-0.15, -0.1) is 0 Å². The van der Waals surface area contributed by atoms with Crippen LogP contribution in [0.4, 0.5) is 0 Å². The normalized spacial score (nSPS) is 32.6. The molecule has 17 heavy (non-hydrogen) atoms. The zero-order chi connectivity index (χ0) is 11.8. The van der Waals surface area contributed by atoms with Gasteiger partial charge in [0.05, 0.1) is 11.6 Å². The molecule has 2 aliphatic rings. The van der Waals surface area contributed by atoms with Crippen molar-refractivity contribution in [3.8, 4) is 0 Å². The summed E-state index contributed by atoms with van der Waals surface area (Å²) in [5.41, 5.74) is 0.931. The maximum Gasteiger partial charge on any atom is 0.144 e. The molecule has 3 rings (SSSR count). The second-order valence-corrected chi connectivity index (χ2v) is 5.66. The van der Waals surface area contributed by atoms with Crippen LogP contribution in [0.15, 0.2) is 24.4 Å². The Morgan fingerprint density at radius 3 is 2.82 bits per heavy atom. The zero-order valence-electron chi connectivity index (χ0n) is 10.3. The minimum atomic E-state index is -0.0273. The molecule has 0 aliphatic heterocycles. The van der Waals surface area contributed by atoms with Gasteiger partial charge in [0.25, 0.3) is 0 Å². The summed E-state index contributed by atoms with van der Waals surface area (Å²) >= 11 is 0.